The summed E-state index contributed by atoms with van der Waals surface area (Å²) in [7, 11) is 0. The molecule has 2 fully saturated rings. The maximum atomic E-state index is 12.8. The standard InChI is InChI=1S/C26H34N6O/c1-21-19-31(25-15-24(16-27)17-28-18-25)13-14-32(21)26(33)29-10-7-22-8-11-30(12-9-22)20-23-5-3-2-4-6-23/h2-6,15,17-18,21-22H,7-14,19-20H2,1H3,(H,29,33)/t21-/m1/s1. The Morgan fingerprint density at radius 3 is 2.67 bits per heavy atom. The first-order valence-corrected chi connectivity index (χ1v) is 12.0. The van der Waals surface area contributed by atoms with E-state index in [1.165, 1.54) is 18.4 Å². The molecule has 0 unspecified atom stereocenters. The van der Waals surface area contributed by atoms with E-state index in [1.807, 2.05) is 11.0 Å². The normalized spacial score (nSPS) is 19.8. The summed E-state index contributed by atoms with van der Waals surface area (Å²) in [6.45, 7) is 8.27. The van der Waals surface area contributed by atoms with Crippen LogP contribution in [0.1, 0.15) is 37.3 Å². The molecule has 1 aromatic heterocycles. The highest BCUT2D eigenvalue weighted by Crippen LogP contribution is 2.22. The predicted octanol–water partition coefficient (Wildman–Crippen LogP) is 3.48. The van der Waals surface area contributed by atoms with E-state index >= 15 is 0 Å². The number of benzene rings is 1. The van der Waals surface area contributed by atoms with Crippen molar-refractivity contribution in [3.05, 3.63) is 59.9 Å². The first-order valence-electron chi connectivity index (χ1n) is 12.0. The molecule has 174 valence electrons. The third-order valence-electron chi connectivity index (χ3n) is 6.89. The van der Waals surface area contributed by atoms with Crippen LogP contribution >= 0.6 is 0 Å². The van der Waals surface area contributed by atoms with Gasteiger partial charge in [0, 0.05) is 45.0 Å². The van der Waals surface area contributed by atoms with Crippen LogP contribution in [0.2, 0.25) is 0 Å². The number of aromatic nitrogens is 1. The molecule has 4 rings (SSSR count). The molecule has 7 heteroatoms. The van der Waals surface area contributed by atoms with Crippen LogP contribution in [0, 0.1) is 17.2 Å². The second-order valence-corrected chi connectivity index (χ2v) is 9.26. The summed E-state index contributed by atoms with van der Waals surface area (Å²) in [4.78, 5) is 23.6. The van der Waals surface area contributed by atoms with Crippen molar-refractivity contribution in [2.24, 2.45) is 5.92 Å². The number of piperazine rings is 1. The molecule has 2 aromatic rings. The maximum absolute atomic E-state index is 12.8. The lowest BCUT2D eigenvalue weighted by molar-refractivity contribution is 0.162. The van der Waals surface area contributed by atoms with Crippen molar-refractivity contribution in [1.82, 2.24) is 20.1 Å². The van der Waals surface area contributed by atoms with E-state index in [2.05, 4.69) is 63.4 Å². The van der Waals surface area contributed by atoms with Crippen molar-refractivity contribution in [1.29, 1.82) is 5.26 Å². The third-order valence-corrected chi connectivity index (χ3v) is 6.89. The highest BCUT2D eigenvalue weighted by molar-refractivity contribution is 5.75. The molecule has 1 aromatic carbocycles. The highest BCUT2D eigenvalue weighted by Gasteiger charge is 2.28. The van der Waals surface area contributed by atoms with E-state index in [0.29, 0.717) is 18.0 Å². The molecule has 3 heterocycles. The second kappa shape index (κ2) is 11.2. The zero-order chi connectivity index (χ0) is 23.0. The minimum atomic E-state index is 0.0348. The van der Waals surface area contributed by atoms with Crippen molar-refractivity contribution in [3.63, 3.8) is 0 Å². The van der Waals surface area contributed by atoms with Gasteiger partial charge in [-0.25, -0.2) is 4.79 Å². The van der Waals surface area contributed by atoms with Crippen molar-refractivity contribution < 1.29 is 4.79 Å². The molecular formula is C26H34N6O. The van der Waals surface area contributed by atoms with Gasteiger partial charge in [0.25, 0.3) is 0 Å². The number of likely N-dealkylation sites (tertiary alicyclic amines) is 1. The fraction of sp³-hybridized carbons (Fsp3) is 0.500. The van der Waals surface area contributed by atoms with Gasteiger partial charge in [0.05, 0.1) is 17.4 Å². The van der Waals surface area contributed by atoms with E-state index in [9.17, 15) is 4.79 Å². The van der Waals surface area contributed by atoms with Gasteiger partial charge >= 0.3 is 6.03 Å². The quantitative estimate of drug-likeness (QED) is 0.735. The van der Waals surface area contributed by atoms with Crippen LogP contribution in [0.5, 0.6) is 0 Å². The number of nitrogens with zero attached hydrogens (tertiary/aromatic N) is 5. The highest BCUT2D eigenvalue weighted by atomic mass is 16.2. The van der Waals surface area contributed by atoms with Gasteiger partial charge in [-0.05, 0) is 56.8 Å². The zero-order valence-corrected chi connectivity index (χ0v) is 19.5. The molecule has 1 N–H and O–H groups in total. The molecule has 0 bridgehead atoms. The number of piperidine rings is 1. The molecule has 2 saturated heterocycles. The van der Waals surface area contributed by atoms with Crippen molar-refractivity contribution in [2.75, 3.05) is 44.2 Å². The maximum Gasteiger partial charge on any atom is 0.317 e. The van der Waals surface area contributed by atoms with Crippen LogP contribution in [0.4, 0.5) is 10.5 Å². The Hall–Kier alpha value is -3.11. The van der Waals surface area contributed by atoms with E-state index in [0.717, 1.165) is 51.4 Å². The number of nitriles is 1. The van der Waals surface area contributed by atoms with Crippen LogP contribution in [-0.2, 0) is 6.54 Å². The first kappa shape index (κ1) is 23.1. The van der Waals surface area contributed by atoms with Gasteiger partial charge in [0.1, 0.15) is 6.07 Å². The lowest BCUT2D eigenvalue weighted by Crippen LogP contribution is -2.56. The summed E-state index contributed by atoms with van der Waals surface area (Å²) in [5, 5.41) is 12.3. The Morgan fingerprint density at radius 2 is 1.94 bits per heavy atom. The topological polar surface area (TPSA) is 75.5 Å². The van der Waals surface area contributed by atoms with Gasteiger partial charge in [-0.1, -0.05) is 30.3 Å². The molecule has 33 heavy (non-hydrogen) atoms. The van der Waals surface area contributed by atoms with Gasteiger partial charge in [-0.3, -0.25) is 9.88 Å². The second-order valence-electron chi connectivity index (χ2n) is 9.26. The molecule has 0 radical (unpaired) electrons. The summed E-state index contributed by atoms with van der Waals surface area (Å²) < 4.78 is 0. The molecule has 2 aliphatic rings. The lowest BCUT2D eigenvalue weighted by atomic mass is 9.93. The van der Waals surface area contributed by atoms with E-state index in [1.54, 1.807) is 12.4 Å². The molecule has 2 amide bonds. The van der Waals surface area contributed by atoms with Crippen LogP contribution < -0.4 is 10.2 Å². The number of hydrogen-bond donors (Lipinski definition) is 1. The zero-order valence-electron chi connectivity index (χ0n) is 19.5. The van der Waals surface area contributed by atoms with Crippen molar-refractivity contribution >= 4 is 11.7 Å². The van der Waals surface area contributed by atoms with Crippen LogP contribution in [0.25, 0.3) is 0 Å². The van der Waals surface area contributed by atoms with E-state index < -0.39 is 0 Å². The molecule has 7 nitrogen and oxygen atoms in total. The number of anilines is 1. The van der Waals surface area contributed by atoms with E-state index in [-0.39, 0.29) is 12.1 Å². The molecule has 0 saturated carbocycles. The summed E-state index contributed by atoms with van der Waals surface area (Å²) in [5.74, 6) is 0.687. The molecule has 1 atom stereocenters. The molecular weight excluding hydrogens is 412 g/mol. The number of amides is 2. The van der Waals surface area contributed by atoms with Gasteiger partial charge < -0.3 is 15.1 Å². The average molecular weight is 447 g/mol. The van der Waals surface area contributed by atoms with Gasteiger partial charge in [0.15, 0.2) is 0 Å². The fourth-order valence-corrected chi connectivity index (χ4v) is 4.92. The third kappa shape index (κ3) is 6.23. The van der Waals surface area contributed by atoms with Gasteiger partial charge in [-0.2, -0.15) is 5.26 Å². The Balaban J connectivity index is 1.16. The summed E-state index contributed by atoms with van der Waals surface area (Å²) in [5.41, 5.74) is 2.89. The van der Waals surface area contributed by atoms with Gasteiger partial charge in [0.2, 0.25) is 0 Å². The number of carbonyl (C=O) groups excluding carboxylic acids is 1. The van der Waals surface area contributed by atoms with Crippen LogP contribution in [0.3, 0.4) is 0 Å². The monoisotopic (exact) mass is 446 g/mol. The van der Waals surface area contributed by atoms with Gasteiger partial charge in [-0.15, -0.1) is 0 Å². The SMILES string of the molecule is C[C@@H]1CN(c2cncc(C#N)c2)CCN1C(=O)NCCC1CCN(Cc2ccccc2)CC1. The predicted molar refractivity (Wildman–Crippen MR) is 130 cm³/mol. The number of hydrogen-bond acceptors (Lipinski definition) is 5. The number of urea groups is 1. The number of rotatable bonds is 6. The van der Waals surface area contributed by atoms with Crippen molar-refractivity contribution in [2.45, 2.75) is 38.8 Å². The number of nitrogens with one attached hydrogen (secondary N) is 1. The Bertz CT molecular complexity index is 951. The minimum absolute atomic E-state index is 0.0348. The smallest absolute Gasteiger partial charge is 0.317 e. The number of carbonyl (C=O) groups is 1. The van der Waals surface area contributed by atoms with Crippen molar-refractivity contribution in [3.8, 4) is 6.07 Å². The molecule has 0 spiro atoms. The van der Waals surface area contributed by atoms with E-state index in [4.69, 9.17) is 5.26 Å². The Morgan fingerprint density at radius 1 is 1.15 bits per heavy atom. The lowest BCUT2D eigenvalue weighted by Gasteiger charge is -2.40. The van der Waals surface area contributed by atoms with Crippen LogP contribution in [-0.4, -0.2) is 66.1 Å². The molecule has 0 aliphatic carbocycles. The largest absolute Gasteiger partial charge is 0.366 e. The molecule has 2 aliphatic heterocycles. The number of pyridine rings is 1. The Labute approximate surface area is 197 Å². The van der Waals surface area contributed by atoms with Crippen LogP contribution in [0.15, 0.2) is 48.8 Å². The average Bonchev–Trinajstić information content (AvgIpc) is 2.85. The Kier molecular flexibility index (Phi) is 7.79. The summed E-state index contributed by atoms with van der Waals surface area (Å²) in [6.07, 6.45) is 6.81. The summed E-state index contributed by atoms with van der Waals surface area (Å²) in [6, 6.07) is 14.8. The fourth-order valence-electron chi connectivity index (χ4n) is 4.92. The minimum Gasteiger partial charge on any atom is -0.366 e. The first-order chi connectivity index (χ1) is 16.1. The summed E-state index contributed by atoms with van der Waals surface area (Å²) >= 11 is 0.